The lowest BCUT2D eigenvalue weighted by Gasteiger charge is -2.21. The van der Waals surface area contributed by atoms with Gasteiger partial charge in [-0.25, -0.2) is 4.79 Å². The van der Waals surface area contributed by atoms with Crippen molar-refractivity contribution in [3.05, 3.63) is 35.7 Å². The van der Waals surface area contributed by atoms with E-state index in [2.05, 4.69) is 39.4 Å². The molecular weight excluding hydrogens is 406 g/mol. The maximum absolute atomic E-state index is 13.0. The first kappa shape index (κ1) is 23.4. The van der Waals surface area contributed by atoms with Crippen molar-refractivity contribution in [3.63, 3.8) is 0 Å². The van der Waals surface area contributed by atoms with Gasteiger partial charge in [-0.15, -0.1) is 0 Å². The highest BCUT2D eigenvalue weighted by atomic mass is 16.2. The number of anilines is 3. The molecule has 9 nitrogen and oxygen atoms in total. The molecule has 1 fully saturated rings. The molecule has 3 amide bonds. The zero-order chi connectivity index (χ0) is 23.1. The Labute approximate surface area is 189 Å². The third-order valence-corrected chi connectivity index (χ3v) is 5.77. The minimum Gasteiger partial charge on any atom is -0.368 e. The minimum atomic E-state index is -0.900. The van der Waals surface area contributed by atoms with Crippen molar-refractivity contribution in [2.45, 2.75) is 77.8 Å². The molecule has 2 heterocycles. The molecule has 0 radical (unpaired) electrons. The van der Waals surface area contributed by atoms with Gasteiger partial charge in [-0.1, -0.05) is 64.2 Å². The van der Waals surface area contributed by atoms with Crippen LogP contribution in [0, 0.1) is 0 Å². The summed E-state index contributed by atoms with van der Waals surface area (Å²) in [4.78, 5) is 39.4. The maximum Gasteiger partial charge on any atom is 0.325 e. The number of rotatable bonds is 11. The fraction of sp³-hybridized carbons (Fsp3) is 0.522. The number of hydrogen-bond donors (Lipinski definition) is 3. The average Bonchev–Trinajstić information content (AvgIpc) is 2.97. The lowest BCUT2D eigenvalue weighted by molar-refractivity contribution is -0.131. The number of para-hydroxylation sites is 1. The van der Waals surface area contributed by atoms with Crippen LogP contribution in [0.5, 0.6) is 0 Å². The molecule has 0 saturated carbocycles. The van der Waals surface area contributed by atoms with Crippen LogP contribution in [0.3, 0.4) is 0 Å². The van der Waals surface area contributed by atoms with E-state index in [1.54, 1.807) is 6.92 Å². The van der Waals surface area contributed by atoms with E-state index in [1.807, 2.05) is 24.3 Å². The van der Waals surface area contributed by atoms with Gasteiger partial charge in [0, 0.05) is 5.69 Å². The number of nitrogens with zero attached hydrogens (tertiary/aromatic N) is 4. The quantitative estimate of drug-likeness (QED) is 0.358. The third kappa shape index (κ3) is 5.52. The molecule has 0 aliphatic carbocycles. The zero-order valence-electron chi connectivity index (χ0n) is 19.1. The van der Waals surface area contributed by atoms with E-state index >= 15 is 0 Å². The van der Waals surface area contributed by atoms with Crippen molar-refractivity contribution in [3.8, 4) is 0 Å². The van der Waals surface area contributed by atoms with Gasteiger partial charge in [0.2, 0.25) is 11.9 Å². The van der Waals surface area contributed by atoms with Gasteiger partial charge in [-0.2, -0.15) is 15.0 Å². The lowest BCUT2D eigenvalue weighted by Crippen LogP contribution is -2.43. The summed E-state index contributed by atoms with van der Waals surface area (Å²) in [6.07, 6.45) is 6.87. The Morgan fingerprint density at radius 2 is 1.81 bits per heavy atom. The van der Waals surface area contributed by atoms with E-state index < -0.39 is 11.6 Å². The Bertz CT molecular complexity index is 965. The Balaban J connectivity index is 1.70. The Morgan fingerprint density at radius 3 is 2.56 bits per heavy atom. The smallest absolute Gasteiger partial charge is 0.325 e. The first-order valence-corrected chi connectivity index (χ1v) is 11.4. The molecule has 4 N–H and O–H groups in total. The number of aryl methyl sites for hydroxylation is 1. The highest BCUT2D eigenvalue weighted by molar-refractivity contribution is 6.06. The molecule has 1 aromatic carbocycles. The zero-order valence-corrected chi connectivity index (χ0v) is 19.1. The number of nitrogens with one attached hydrogen (secondary N) is 2. The number of urea groups is 1. The SMILES string of the molecule is CCCCCCCC1(C)NC(=O)N(Cc2nc(N)nc(Nc3ccccc3CC)n2)C1=O. The fourth-order valence-electron chi connectivity index (χ4n) is 3.92. The summed E-state index contributed by atoms with van der Waals surface area (Å²) in [6, 6.07) is 7.40. The first-order chi connectivity index (χ1) is 15.4. The molecule has 172 valence electrons. The second-order valence-corrected chi connectivity index (χ2v) is 8.39. The lowest BCUT2D eigenvalue weighted by atomic mass is 9.94. The Hall–Kier alpha value is -3.23. The normalized spacial score (nSPS) is 18.2. The van der Waals surface area contributed by atoms with Crippen LogP contribution in [-0.4, -0.2) is 37.3 Å². The van der Waals surface area contributed by atoms with Crippen LogP contribution >= 0.6 is 0 Å². The molecule has 1 atom stereocenters. The Kier molecular flexibility index (Phi) is 7.61. The number of carbonyl (C=O) groups excluding carboxylic acids is 2. The number of nitrogen functional groups attached to an aromatic ring is 1. The number of nitrogens with two attached hydrogens (primary N) is 1. The predicted octanol–water partition coefficient (Wildman–Crippen LogP) is 3.93. The van der Waals surface area contributed by atoms with Crippen molar-refractivity contribution in [2.75, 3.05) is 11.1 Å². The third-order valence-electron chi connectivity index (χ3n) is 5.77. The molecule has 9 heteroatoms. The second-order valence-electron chi connectivity index (χ2n) is 8.39. The maximum atomic E-state index is 13.0. The van der Waals surface area contributed by atoms with E-state index in [-0.39, 0.29) is 30.2 Å². The molecule has 1 saturated heterocycles. The first-order valence-electron chi connectivity index (χ1n) is 11.4. The van der Waals surface area contributed by atoms with Crippen molar-refractivity contribution in [2.24, 2.45) is 0 Å². The predicted molar refractivity (Wildman–Crippen MR) is 124 cm³/mol. The van der Waals surface area contributed by atoms with Crippen LogP contribution in [0.4, 0.5) is 22.4 Å². The summed E-state index contributed by atoms with van der Waals surface area (Å²) in [7, 11) is 0. The molecule has 0 spiro atoms. The standard InChI is InChI=1S/C23H33N7O2/c1-4-6-7-8-11-14-23(3)19(31)30(22(32)29-23)15-18-26-20(24)28-21(27-18)25-17-13-10-9-12-16(17)5-2/h9-10,12-13H,4-8,11,14-15H2,1-3H3,(H,29,32)(H3,24,25,26,27,28). The molecule has 32 heavy (non-hydrogen) atoms. The summed E-state index contributed by atoms with van der Waals surface area (Å²) >= 11 is 0. The number of unbranched alkanes of at least 4 members (excludes halogenated alkanes) is 4. The van der Waals surface area contributed by atoms with E-state index in [0.717, 1.165) is 48.3 Å². The van der Waals surface area contributed by atoms with Gasteiger partial charge in [-0.05, 0) is 31.4 Å². The van der Waals surface area contributed by atoms with E-state index in [9.17, 15) is 9.59 Å². The van der Waals surface area contributed by atoms with Crippen LogP contribution in [0.1, 0.15) is 70.7 Å². The summed E-state index contributed by atoms with van der Waals surface area (Å²) in [5.74, 6) is 0.295. The fourth-order valence-corrected chi connectivity index (χ4v) is 3.92. The highest BCUT2D eigenvalue weighted by Gasteiger charge is 2.47. The average molecular weight is 440 g/mol. The summed E-state index contributed by atoms with van der Waals surface area (Å²) in [5.41, 5.74) is 6.96. The largest absolute Gasteiger partial charge is 0.368 e. The molecule has 1 unspecified atom stereocenters. The van der Waals surface area contributed by atoms with Crippen molar-refractivity contribution in [1.29, 1.82) is 0 Å². The van der Waals surface area contributed by atoms with Crippen molar-refractivity contribution in [1.82, 2.24) is 25.2 Å². The van der Waals surface area contributed by atoms with Gasteiger partial charge < -0.3 is 16.4 Å². The number of hydrogen-bond acceptors (Lipinski definition) is 7. The van der Waals surface area contributed by atoms with Crippen LogP contribution < -0.4 is 16.4 Å². The van der Waals surface area contributed by atoms with Gasteiger partial charge in [-0.3, -0.25) is 9.69 Å². The molecule has 0 bridgehead atoms. The van der Waals surface area contributed by atoms with Crippen LogP contribution in [0.15, 0.2) is 24.3 Å². The number of carbonyl (C=O) groups is 2. The molecule has 1 aromatic heterocycles. The van der Waals surface area contributed by atoms with Gasteiger partial charge in [0.15, 0.2) is 5.82 Å². The monoisotopic (exact) mass is 439 g/mol. The van der Waals surface area contributed by atoms with Gasteiger partial charge in [0.25, 0.3) is 5.91 Å². The minimum absolute atomic E-state index is 0.0252. The number of imide groups is 1. The Morgan fingerprint density at radius 1 is 1.06 bits per heavy atom. The highest BCUT2D eigenvalue weighted by Crippen LogP contribution is 2.26. The molecular formula is C23H33N7O2. The van der Waals surface area contributed by atoms with E-state index in [0.29, 0.717) is 6.42 Å². The van der Waals surface area contributed by atoms with Crippen molar-refractivity contribution < 1.29 is 9.59 Å². The second kappa shape index (κ2) is 10.4. The molecule has 2 aromatic rings. The topological polar surface area (TPSA) is 126 Å². The van der Waals surface area contributed by atoms with Crippen LogP contribution in [0.2, 0.25) is 0 Å². The molecule has 3 rings (SSSR count). The number of benzene rings is 1. The van der Waals surface area contributed by atoms with E-state index in [4.69, 9.17) is 5.73 Å². The van der Waals surface area contributed by atoms with Gasteiger partial charge >= 0.3 is 6.03 Å². The number of amides is 3. The summed E-state index contributed by atoms with van der Waals surface area (Å²) in [6.45, 7) is 5.94. The van der Waals surface area contributed by atoms with Crippen molar-refractivity contribution >= 4 is 29.5 Å². The summed E-state index contributed by atoms with van der Waals surface area (Å²) < 4.78 is 0. The van der Waals surface area contributed by atoms with Gasteiger partial charge in [0.05, 0.1) is 6.54 Å². The summed E-state index contributed by atoms with van der Waals surface area (Å²) in [5, 5.41) is 6.01. The van der Waals surface area contributed by atoms with Crippen LogP contribution in [0.25, 0.3) is 0 Å². The molecule has 1 aliphatic rings. The van der Waals surface area contributed by atoms with E-state index in [1.165, 1.54) is 6.42 Å². The number of aromatic nitrogens is 3. The van der Waals surface area contributed by atoms with Gasteiger partial charge in [0.1, 0.15) is 5.54 Å². The van der Waals surface area contributed by atoms with Crippen LogP contribution in [-0.2, 0) is 17.8 Å². The molecule has 1 aliphatic heterocycles.